The molecule has 7 nitrogen and oxygen atoms in total. The van der Waals surface area contributed by atoms with E-state index in [1.807, 2.05) is 19.1 Å². The van der Waals surface area contributed by atoms with Crippen molar-refractivity contribution in [3.05, 3.63) is 59.7 Å². The Morgan fingerprint density at radius 3 is 2.86 bits per heavy atom. The number of nitrogens with zero attached hydrogens (tertiary/aromatic N) is 4. The molecule has 3 aromatic rings. The molecule has 1 aromatic heterocycles. The summed E-state index contributed by atoms with van der Waals surface area (Å²) in [6.45, 7) is 1.85. The summed E-state index contributed by atoms with van der Waals surface area (Å²) in [7, 11) is 0. The van der Waals surface area contributed by atoms with E-state index in [2.05, 4.69) is 33.0 Å². The predicted octanol–water partition coefficient (Wildman–Crippen LogP) is 3.04. The van der Waals surface area contributed by atoms with Crippen LogP contribution < -0.4 is 5.32 Å². The van der Waals surface area contributed by atoms with Crippen LogP contribution in [-0.4, -0.2) is 36.5 Å². The molecule has 1 aliphatic rings. The number of rotatable bonds is 5. The number of thioether (sulfide) groups is 1. The van der Waals surface area contributed by atoms with Crippen LogP contribution in [0.5, 0.6) is 5.75 Å². The van der Waals surface area contributed by atoms with Crippen molar-refractivity contribution in [2.24, 2.45) is 0 Å². The third-order valence-corrected chi connectivity index (χ3v) is 5.91. The summed E-state index contributed by atoms with van der Waals surface area (Å²) < 4.78 is 1.56. The van der Waals surface area contributed by atoms with Crippen molar-refractivity contribution in [2.75, 3.05) is 0 Å². The van der Waals surface area contributed by atoms with Crippen LogP contribution in [0.15, 0.2) is 53.7 Å². The highest BCUT2D eigenvalue weighted by atomic mass is 32.2. The molecule has 2 aromatic carbocycles. The second-order valence-electron chi connectivity index (χ2n) is 6.80. The van der Waals surface area contributed by atoms with Gasteiger partial charge in [0.15, 0.2) is 0 Å². The van der Waals surface area contributed by atoms with Crippen molar-refractivity contribution in [3.63, 3.8) is 0 Å². The third kappa shape index (κ3) is 3.87. The number of hydrogen-bond acceptors (Lipinski definition) is 6. The van der Waals surface area contributed by atoms with Crippen molar-refractivity contribution < 1.29 is 9.90 Å². The van der Waals surface area contributed by atoms with Crippen LogP contribution in [0.1, 0.15) is 36.9 Å². The number of hydrogen-bond donors (Lipinski definition) is 2. The van der Waals surface area contributed by atoms with Gasteiger partial charge in [0.2, 0.25) is 11.1 Å². The Morgan fingerprint density at radius 2 is 2.04 bits per heavy atom. The number of benzene rings is 2. The van der Waals surface area contributed by atoms with E-state index in [0.717, 1.165) is 24.9 Å². The van der Waals surface area contributed by atoms with Crippen LogP contribution in [0.3, 0.4) is 0 Å². The summed E-state index contributed by atoms with van der Waals surface area (Å²) in [6.07, 6.45) is 3.09. The second kappa shape index (κ2) is 8.02. The number of carbonyl (C=O) groups excluding carboxylic acids is 1. The van der Waals surface area contributed by atoms with E-state index >= 15 is 0 Å². The van der Waals surface area contributed by atoms with Crippen LogP contribution in [0.2, 0.25) is 0 Å². The maximum atomic E-state index is 12.8. The van der Waals surface area contributed by atoms with Crippen LogP contribution in [0.25, 0.3) is 5.69 Å². The van der Waals surface area contributed by atoms with Gasteiger partial charge in [-0.25, -0.2) is 0 Å². The summed E-state index contributed by atoms with van der Waals surface area (Å²) in [4.78, 5) is 12.8. The summed E-state index contributed by atoms with van der Waals surface area (Å²) in [5.74, 6) is 0.137. The second-order valence-corrected chi connectivity index (χ2v) is 8.11. The molecular weight excluding hydrogens is 374 g/mol. The quantitative estimate of drug-likeness (QED) is 0.645. The molecule has 144 valence electrons. The Balaban J connectivity index is 1.45. The van der Waals surface area contributed by atoms with Crippen molar-refractivity contribution in [3.8, 4) is 11.4 Å². The molecule has 1 amide bonds. The predicted molar refractivity (Wildman–Crippen MR) is 106 cm³/mol. The van der Waals surface area contributed by atoms with Gasteiger partial charge < -0.3 is 10.4 Å². The first-order valence-electron chi connectivity index (χ1n) is 9.24. The number of aromatic nitrogens is 4. The fourth-order valence-electron chi connectivity index (χ4n) is 3.41. The van der Waals surface area contributed by atoms with E-state index < -0.39 is 0 Å². The average Bonchev–Trinajstić information content (AvgIpc) is 3.17. The minimum absolute atomic E-state index is 0.0352. The van der Waals surface area contributed by atoms with Gasteiger partial charge in [-0.05, 0) is 72.0 Å². The fraction of sp³-hybridized carbons (Fsp3) is 0.300. The summed E-state index contributed by atoms with van der Waals surface area (Å²) in [5, 5.41) is 24.6. The first kappa shape index (κ1) is 18.5. The number of phenolic OH excluding ortho intramolecular Hbond substituents is 1. The largest absolute Gasteiger partial charge is 0.508 e. The fourth-order valence-corrected chi connectivity index (χ4v) is 4.23. The molecule has 2 atom stereocenters. The molecule has 28 heavy (non-hydrogen) atoms. The number of carbonyl (C=O) groups is 1. The van der Waals surface area contributed by atoms with Crippen molar-refractivity contribution >= 4 is 17.7 Å². The Labute approximate surface area is 167 Å². The van der Waals surface area contributed by atoms with Gasteiger partial charge in [0.1, 0.15) is 5.75 Å². The summed E-state index contributed by atoms with van der Waals surface area (Å²) in [6, 6.07) is 14.9. The van der Waals surface area contributed by atoms with Gasteiger partial charge in [0.25, 0.3) is 0 Å². The number of tetrazole rings is 1. The molecule has 2 N–H and O–H groups in total. The molecule has 0 saturated carbocycles. The van der Waals surface area contributed by atoms with Crippen molar-refractivity contribution in [2.45, 2.75) is 42.6 Å². The Bertz CT molecular complexity index is 973. The van der Waals surface area contributed by atoms with Gasteiger partial charge in [-0.1, -0.05) is 36.0 Å². The molecule has 4 rings (SSSR count). The molecular formula is C20H21N5O2S. The van der Waals surface area contributed by atoms with Gasteiger partial charge in [-0.3, -0.25) is 4.79 Å². The summed E-state index contributed by atoms with van der Waals surface area (Å²) >= 11 is 1.31. The zero-order chi connectivity index (χ0) is 19.5. The lowest BCUT2D eigenvalue weighted by atomic mass is 9.88. The third-order valence-electron chi connectivity index (χ3n) is 4.87. The molecule has 0 bridgehead atoms. The number of amides is 1. The topological polar surface area (TPSA) is 92.9 Å². The van der Waals surface area contributed by atoms with Gasteiger partial charge in [0, 0.05) is 0 Å². The highest BCUT2D eigenvalue weighted by molar-refractivity contribution is 8.00. The van der Waals surface area contributed by atoms with Gasteiger partial charge >= 0.3 is 0 Å². The standard InChI is InChI=1S/C20H21N5O2S/c1-13(19(27)21-18-8-4-6-14-5-2-3-7-17(14)18)28-20-22-23-24-25(20)15-9-11-16(26)12-10-15/h2-3,5,7,9-13,18,26H,4,6,8H2,1H3,(H,21,27)/t13-,18-/m0/s1. The zero-order valence-electron chi connectivity index (χ0n) is 15.4. The minimum atomic E-state index is -0.351. The molecule has 0 unspecified atom stereocenters. The monoisotopic (exact) mass is 395 g/mol. The van der Waals surface area contributed by atoms with Crippen LogP contribution in [0, 0.1) is 0 Å². The van der Waals surface area contributed by atoms with E-state index in [-0.39, 0.29) is 22.9 Å². The normalized spacial score (nSPS) is 17.0. The van der Waals surface area contributed by atoms with Gasteiger partial charge in [-0.15, -0.1) is 5.10 Å². The average molecular weight is 395 g/mol. The van der Waals surface area contributed by atoms with E-state index in [1.54, 1.807) is 28.9 Å². The Hall–Kier alpha value is -2.87. The lowest BCUT2D eigenvalue weighted by Gasteiger charge is -2.27. The van der Waals surface area contributed by atoms with Crippen molar-refractivity contribution in [1.82, 2.24) is 25.5 Å². The lowest BCUT2D eigenvalue weighted by Crippen LogP contribution is -2.36. The van der Waals surface area contributed by atoms with Crippen LogP contribution >= 0.6 is 11.8 Å². The molecule has 1 heterocycles. The first-order chi connectivity index (χ1) is 13.6. The Kier molecular flexibility index (Phi) is 5.29. The lowest BCUT2D eigenvalue weighted by molar-refractivity contribution is -0.121. The SMILES string of the molecule is C[C@H](Sc1nnnn1-c1ccc(O)cc1)C(=O)N[C@H]1CCCc2ccccc21. The van der Waals surface area contributed by atoms with Crippen LogP contribution in [0.4, 0.5) is 0 Å². The molecule has 0 saturated heterocycles. The highest BCUT2D eigenvalue weighted by Crippen LogP contribution is 2.30. The van der Waals surface area contributed by atoms with Gasteiger partial charge in [0.05, 0.1) is 17.0 Å². The van der Waals surface area contributed by atoms with Gasteiger partial charge in [-0.2, -0.15) is 4.68 Å². The number of aryl methyl sites for hydroxylation is 1. The smallest absolute Gasteiger partial charge is 0.233 e. The molecule has 1 aliphatic carbocycles. The minimum Gasteiger partial charge on any atom is -0.508 e. The van der Waals surface area contributed by atoms with E-state index in [9.17, 15) is 9.90 Å². The van der Waals surface area contributed by atoms with E-state index in [0.29, 0.717) is 5.16 Å². The first-order valence-corrected chi connectivity index (χ1v) is 10.1. The van der Waals surface area contributed by atoms with E-state index in [4.69, 9.17) is 0 Å². The molecule has 8 heteroatoms. The summed E-state index contributed by atoms with van der Waals surface area (Å²) in [5.41, 5.74) is 3.25. The number of fused-ring (bicyclic) bond motifs is 1. The Morgan fingerprint density at radius 1 is 1.25 bits per heavy atom. The maximum Gasteiger partial charge on any atom is 0.233 e. The molecule has 0 radical (unpaired) electrons. The zero-order valence-corrected chi connectivity index (χ0v) is 16.3. The number of phenols is 1. The molecule has 0 aliphatic heterocycles. The molecule has 0 fully saturated rings. The highest BCUT2D eigenvalue weighted by Gasteiger charge is 2.25. The molecule has 0 spiro atoms. The van der Waals surface area contributed by atoms with Crippen molar-refractivity contribution in [1.29, 1.82) is 0 Å². The van der Waals surface area contributed by atoms with E-state index in [1.165, 1.54) is 22.9 Å². The van der Waals surface area contributed by atoms with Crippen LogP contribution in [-0.2, 0) is 11.2 Å². The number of aromatic hydroxyl groups is 1. The maximum absolute atomic E-state index is 12.8. The number of nitrogens with one attached hydrogen (secondary N) is 1.